The fourth-order valence-corrected chi connectivity index (χ4v) is 2.59. The lowest BCUT2D eigenvalue weighted by Crippen LogP contribution is -2.47. The van der Waals surface area contributed by atoms with Gasteiger partial charge in [0.1, 0.15) is 0 Å². The summed E-state index contributed by atoms with van der Waals surface area (Å²) in [6.07, 6.45) is 5.36. The van der Waals surface area contributed by atoms with Crippen molar-refractivity contribution in [2.24, 2.45) is 11.8 Å². The largest absolute Gasteiger partial charge is 0.385 e. The lowest BCUT2D eigenvalue weighted by atomic mass is 9.91. The van der Waals surface area contributed by atoms with Gasteiger partial charge in [-0.2, -0.15) is 0 Å². The highest BCUT2D eigenvalue weighted by Gasteiger charge is 2.38. The van der Waals surface area contributed by atoms with Crippen LogP contribution in [0.4, 0.5) is 0 Å². The highest BCUT2D eigenvalue weighted by Crippen LogP contribution is 2.37. The van der Waals surface area contributed by atoms with Gasteiger partial charge in [-0.05, 0) is 51.0 Å². The molecular weight excluding hydrogens is 226 g/mol. The molecule has 1 N–H and O–H groups in total. The van der Waals surface area contributed by atoms with Crippen LogP contribution in [0, 0.1) is 11.8 Å². The van der Waals surface area contributed by atoms with Gasteiger partial charge in [-0.3, -0.25) is 0 Å². The van der Waals surface area contributed by atoms with E-state index in [1.54, 1.807) is 7.11 Å². The molecule has 3 atom stereocenters. The monoisotopic (exact) mass is 257 g/mol. The van der Waals surface area contributed by atoms with Crippen LogP contribution in [0.15, 0.2) is 0 Å². The minimum atomic E-state index is 0.397. The van der Waals surface area contributed by atoms with Crippen molar-refractivity contribution in [3.05, 3.63) is 0 Å². The zero-order valence-electron chi connectivity index (χ0n) is 12.6. The van der Waals surface area contributed by atoms with E-state index in [4.69, 9.17) is 9.47 Å². The van der Waals surface area contributed by atoms with Gasteiger partial charge in [0.25, 0.3) is 0 Å². The Kier molecular flexibility index (Phi) is 7.87. The molecule has 3 heteroatoms. The molecule has 0 aromatic rings. The Labute approximate surface area is 113 Å². The van der Waals surface area contributed by atoms with Gasteiger partial charge in [0.2, 0.25) is 0 Å². The van der Waals surface area contributed by atoms with Gasteiger partial charge in [0, 0.05) is 26.4 Å². The minimum absolute atomic E-state index is 0.397. The number of nitrogens with one attached hydrogen (secondary N) is 1. The Morgan fingerprint density at radius 3 is 2.50 bits per heavy atom. The lowest BCUT2D eigenvalue weighted by Gasteiger charge is -2.33. The second kappa shape index (κ2) is 8.89. The van der Waals surface area contributed by atoms with Crippen molar-refractivity contribution in [1.29, 1.82) is 0 Å². The molecule has 0 amide bonds. The van der Waals surface area contributed by atoms with Crippen molar-refractivity contribution >= 4 is 0 Å². The van der Waals surface area contributed by atoms with Crippen molar-refractivity contribution < 1.29 is 9.47 Å². The van der Waals surface area contributed by atoms with E-state index in [1.165, 1.54) is 19.3 Å². The molecule has 1 aliphatic rings. The van der Waals surface area contributed by atoms with Crippen LogP contribution in [0.25, 0.3) is 0 Å². The maximum Gasteiger partial charge on any atom is 0.0758 e. The summed E-state index contributed by atoms with van der Waals surface area (Å²) in [5.41, 5.74) is 0. The first-order valence-corrected chi connectivity index (χ1v) is 7.58. The average molecular weight is 257 g/mol. The molecule has 0 spiro atoms. The molecule has 0 aromatic heterocycles. The lowest BCUT2D eigenvalue weighted by molar-refractivity contribution is 0.00111. The fraction of sp³-hybridized carbons (Fsp3) is 1.00. The van der Waals surface area contributed by atoms with E-state index in [9.17, 15) is 0 Å². The summed E-state index contributed by atoms with van der Waals surface area (Å²) in [5.74, 6) is 1.39. The van der Waals surface area contributed by atoms with E-state index < -0.39 is 0 Å². The van der Waals surface area contributed by atoms with Crippen LogP contribution in [0.1, 0.15) is 46.5 Å². The highest BCUT2D eigenvalue weighted by atomic mass is 16.5. The molecule has 0 radical (unpaired) electrons. The number of hydrogen-bond acceptors (Lipinski definition) is 3. The molecule has 1 fully saturated rings. The second-order valence-corrected chi connectivity index (χ2v) is 5.50. The predicted octanol–water partition coefficient (Wildman–Crippen LogP) is 2.84. The Hall–Kier alpha value is -0.120. The quantitative estimate of drug-likeness (QED) is 0.617. The van der Waals surface area contributed by atoms with Crippen molar-refractivity contribution in [2.75, 3.05) is 26.9 Å². The number of rotatable bonds is 11. The van der Waals surface area contributed by atoms with Gasteiger partial charge < -0.3 is 14.8 Å². The first kappa shape index (κ1) is 15.9. The standard InChI is InChI=1S/C15H31NO2/c1-5-10-16-14(12(3)9-11-17-4)15(18-6-2)13-7-8-13/h12-16H,5-11H2,1-4H3. The molecule has 3 unspecified atom stereocenters. The third kappa shape index (κ3) is 5.25. The smallest absolute Gasteiger partial charge is 0.0758 e. The first-order valence-electron chi connectivity index (χ1n) is 7.58. The van der Waals surface area contributed by atoms with Gasteiger partial charge in [0.15, 0.2) is 0 Å². The normalized spacial score (nSPS) is 20.7. The highest BCUT2D eigenvalue weighted by molar-refractivity contribution is 4.92. The van der Waals surface area contributed by atoms with E-state index in [1.807, 2.05) is 0 Å². The molecule has 0 heterocycles. The molecule has 1 aliphatic carbocycles. The summed E-state index contributed by atoms with van der Waals surface area (Å²) in [5, 5.41) is 3.70. The Balaban J connectivity index is 2.54. The van der Waals surface area contributed by atoms with Crippen LogP contribution < -0.4 is 5.32 Å². The van der Waals surface area contributed by atoms with Crippen molar-refractivity contribution in [3.8, 4) is 0 Å². The van der Waals surface area contributed by atoms with Crippen LogP contribution in [0.3, 0.4) is 0 Å². The molecule has 108 valence electrons. The second-order valence-electron chi connectivity index (χ2n) is 5.50. The molecule has 0 saturated heterocycles. The summed E-state index contributed by atoms with van der Waals surface area (Å²) in [4.78, 5) is 0. The third-order valence-corrected chi connectivity index (χ3v) is 3.82. The van der Waals surface area contributed by atoms with Gasteiger partial charge in [-0.1, -0.05) is 13.8 Å². The maximum absolute atomic E-state index is 6.02. The van der Waals surface area contributed by atoms with Gasteiger partial charge in [0.05, 0.1) is 6.10 Å². The molecule has 3 nitrogen and oxygen atoms in total. The van der Waals surface area contributed by atoms with Gasteiger partial charge >= 0.3 is 0 Å². The summed E-state index contributed by atoms with van der Waals surface area (Å²) in [6, 6.07) is 0.479. The molecule has 0 aliphatic heterocycles. The van der Waals surface area contributed by atoms with Crippen LogP contribution in [0.5, 0.6) is 0 Å². The third-order valence-electron chi connectivity index (χ3n) is 3.82. The van der Waals surface area contributed by atoms with Crippen LogP contribution in [0.2, 0.25) is 0 Å². The van der Waals surface area contributed by atoms with E-state index >= 15 is 0 Å². The van der Waals surface area contributed by atoms with Crippen molar-refractivity contribution in [3.63, 3.8) is 0 Å². The molecule has 18 heavy (non-hydrogen) atoms. The summed E-state index contributed by atoms with van der Waals surface area (Å²) in [7, 11) is 1.78. The average Bonchev–Trinajstić information content (AvgIpc) is 3.19. The first-order chi connectivity index (χ1) is 8.74. The van der Waals surface area contributed by atoms with E-state index in [-0.39, 0.29) is 0 Å². The van der Waals surface area contributed by atoms with Gasteiger partial charge in [-0.15, -0.1) is 0 Å². The SMILES string of the molecule is CCCNC(C(C)CCOC)C(OCC)C1CC1. The topological polar surface area (TPSA) is 30.5 Å². The number of hydrogen-bond donors (Lipinski definition) is 1. The number of methoxy groups -OCH3 is 1. The van der Waals surface area contributed by atoms with Crippen LogP contribution in [-0.4, -0.2) is 39.0 Å². The maximum atomic E-state index is 6.02. The molecule has 0 aromatic carbocycles. The molecule has 1 saturated carbocycles. The number of ether oxygens (including phenoxy) is 2. The summed E-state index contributed by atoms with van der Waals surface area (Å²) in [6.45, 7) is 9.39. The summed E-state index contributed by atoms with van der Waals surface area (Å²) >= 11 is 0. The minimum Gasteiger partial charge on any atom is -0.385 e. The Morgan fingerprint density at radius 1 is 1.28 bits per heavy atom. The Morgan fingerprint density at radius 2 is 2.00 bits per heavy atom. The molecule has 1 rings (SSSR count). The van der Waals surface area contributed by atoms with Crippen molar-refractivity contribution in [2.45, 2.75) is 58.6 Å². The zero-order chi connectivity index (χ0) is 13.4. The Bertz CT molecular complexity index is 207. The van der Waals surface area contributed by atoms with Crippen LogP contribution >= 0.6 is 0 Å². The predicted molar refractivity (Wildman–Crippen MR) is 75.9 cm³/mol. The van der Waals surface area contributed by atoms with Crippen molar-refractivity contribution in [1.82, 2.24) is 5.32 Å². The fourth-order valence-electron chi connectivity index (χ4n) is 2.59. The zero-order valence-corrected chi connectivity index (χ0v) is 12.6. The van der Waals surface area contributed by atoms with Gasteiger partial charge in [-0.25, -0.2) is 0 Å². The molecular formula is C15H31NO2. The van der Waals surface area contributed by atoms with E-state index in [0.29, 0.717) is 18.1 Å². The summed E-state index contributed by atoms with van der Waals surface area (Å²) < 4.78 is 11.2. The molecule has 0 bridgehead atoms. The van der Waals surface area contributed by atoms with E-state index in [0.717, 1.165) is 32.1 Å². The van der Waals surface area contributed by atoms with E-state index in [2.05, 4.69) is 26.1 Å². The van der Waals surface area contributed by atoms with Crippen LogP contribution in [-0.2, 0) is 9.47 Å².